The highest BCUT2D eigenvalue weighted by Gasteiger charge is 2.28. The summed E-state index contributed by atoms with van der Waals surface area (Å²) in [6.45, 7) is 0.735. The lowest BCUT2D eigenvalue weighted by Crippen LogP contribution is -2.40. The Labute approximate surface area is 184 Å². The molecule has 0 radical (unpaired) electrons. The first-order chi connectivity index (χ1) is 13.9. The van der Waals surface area contributed by atoms with Crippen LogP contribution in [0.25, 0.3) is 0 Å². The van der Waals surface area contributed by atoms with Gasteiger partial charge in [0, 0.05) is 23.2 Å². The van der Waals surface area contributed by atoms with Gasteiger partial charge in [0.2, 0.25) is 10.0 Å². The van der Waals surface area contributed by atoms with Crippen LogP contribution in [0.5, 0.6) is 11.5 Å². The van der Waals surface area contributed by atoms with E-state index in [1.807, 2.05) is 24.3 Å². The monoisotopic (exact) mass is 530 g/mol. The minimum Gasteiger partial charge on any atom is -0.493 e. The first-order valence-electron chi connectivity index (χ1n) is 9.10. The number of amides is 1. The fourth-order valence-electron chi connectivity index (χ4n) is 3.26. The molecule has 0 bridgehead atoms. The van der Waals surface area contributed by atoms with Gasteiger partial charge < -0.3 is 14.8 Å². The van der Waals surface area contributed by atoms with E-state index in [1.165, 1.54) is 4.31 Å². The van der Waals surface area contributed by atoms with Gasteiger partial charge in [0.25, 0.3) is 5.91 Å². The SMILES string of the molecule is COc1cc2c(cc1OC)CN(S(=O)(=O)CCNC(=O)c1ccccc1I)CC2. The third-order valence-corrected chi connectivity index (χ3v) is 7.60. The second-order valence-corrected chi connectivity index (χ2v) is 9.86. The molecule has 0 spiro atoms. The van der Waals surface area contributed by atoms with Crippen molar-refractivity contribution in [3.05, 3.63) is 56.7 Å². The number of carbonyl (C=O) groups is 1. The molecular weight excluding hydrogens is 507 g/mol. The number of hydrogen-bond donors (Lipinski definition) is 1. The highest BCUT2D eigenvalue weighted by molar-refractivity contribution is 14.1. The molecule has 1 aliphatic rings. The summed E-state index contributed by atoms with van der Waals surface area (Å²) in [7, 11) is -0.373. The van der Waals surface area contributed by atoms with Crippen molar-refractivity contribution >= 4 is 38.5 Å². The van der Waals surface area contributed by atoms with Gasteiger partial charge in [-0.05, 0) is 64.4 Å². The number of carbonyl (C=O) groups excluding carboxylic acids is 1. The zero-order valence-corrected chi connectivity index (χ0v) is 19.2. The third-order valence-electron chi connectivity index (χ3n) is 4.84. The quantitative estimate of drug-likeness (QED) is 0.557. The Hall–Kier alpha value is -1.85. The van der Waals surface area contributed by atoms with E-state index in [-0.39, 0.29) is 24.7 Å². The van der Waals surface area contributed by atoms with Crippen molar-refractivity contribution in [3.8, 4) is 11.5 Å². The fourth-order valence-corrected chi connectivity index (χ4v) is 5.21. The molecule has 2 aromatic carbocycles. The van der Waals surface area contributed by atoms with Gasteiger partial charge >= 0.3 is 0 Å². The zero-order chi connectivity index (χ0) is 21.0. The molecule has 0 unspecified atom stereocenters. The summed E-state index contributed by atoms with van der Waals surface area (Å²) in [5.74, 6) is 0.798. The van der Waals surface area contributed by atoms with E-state index >= 15 is 0 Å². The van der Waals surface area contributed by atoms with Crippen molar-refractivity contribution in [1.82, 2.24) is 9.62 Å². The number of nitrogens with zero attached hydrogens (tertiary/aromatic N) is 1. The minimum absolute atomic E-state index is 0.0570. The molecule has 1 aliphatic heterocycles. The predicted molar refractivity (Wildman–Crippen MR) is 119 cm³/mol. The summed E-state index contributed by atoms with van der Waals surface area (Å²) in [6, 6.07) is 10.9. The van der Waals surface area contributed by atoms with Crippen molar-refractivity contribution in [2.75, 3.05) is 33.1 Å². The Morgan fingerprint density at radius 2 is 1.79 bits per heavy atom. The first kappa shape index (κ1) is 21.8. The molecule has 0 saturated heterocycles. The number of methoxy groups -OCH3 is 2. The van der Waals surface area contributed by atoms with Crippen LogP contribution in [0.1, 0.15) is 21.5 Å². The number of hydrogen-bond acceptors (Lipinski definition) is 5. The van der Waals surface area contributed by atoms with Crippen molar-refractivity contribution in [2.45, 2.75) is 13.0 Å². The number of fused-ring (bicyclic) bond motifs is 1. The van der Waals surface area contributed by atoms with E-state index < -0.39 is 10.0 Å². The number of halogens is 1. The van der Waals surface area contributed by atoms with E-state index in [4.69, 9.17) is 9.47 Å². The maximum atomic E-state index is 12.8. The number of rotatable bonds is 7. The molecule has 0 atom stereocenters. The highest BCUT2D eigenvalue weighted by Crippen LogP contribution is 2.33. The van der Waals surface area contributed by atoms with Crippen LogP contribution in [-0.4, -0.2) is 51.7 Å². The van der Waals surface area contributed by atoms with Crippen LogP contribution < -0.4 is 14.8 Å². The van der Waals surface area contributed by atoms with Crippen LogP contribution in [-0.2, 0) is 23.0 Å². The van der Waals surface area contributed by atoms with E-state index in [0.29, 0.717) is 30.0 Å². The van der Waals surface area contributed by atoms with E-state index in [1.54, 1.807) is 26.4 Å². The number of benzene rings is 2. The van der Waals surface area contributed by atoms with Crippen molar-refractivity contribution < 1.29 is 22.7 Å². The van der Waals surface area contributed by atoms with E-state index in [2.05, 4.69) is 27.9 Å². The van der Waals surface area contributed by atoms with Gasteiger partial charge in [-0.25, -0.2) is 8.42 Å². The number of nitrogens with one attached hydrogen (secondary N) is 1. The van der Waals surface area contributed by atoms with Gasteiger partial charge in [-0.2, -0.15) is 4.31 Å². The molecule has 2 aromatic rings. The first-order valence-corrected chi connectivity index (χ1v) is 11.8. The molecule has 1 amide bonds. The molecule has 156 valence electrons. The molecule has 9 heteroatoms. The van der Waals surface area contributed by atoms with Gasteiger partial charge in [0.05, 0.1) is 25.5 Å². The summed E-state index contributed by atoms with van der Waals surface area (Å²) in [6.07, 6.45) is 0.601. The van der Waals surface area contributed by atoms with Crippen LogP contribution in [0.2, 0.25) is 0 Å². The third kappa shape index (κ3) is 5.01. The minimum atomic E-state index is -3.50. The smallest absolute Gasteiger partial charge is 0.252 e. The molecule has 0 aromatic heterocycles. The second kappa shape index (κ2) is 9.31. The average molecular weight is 530 g/mol. The highest BCUT2D eigenvalue weighted by atomic mass is 127. The largest absolute Gasteiger partial charge is 0.493 e. The van der Waals surface area contributed by atoms with Crippen molar-refractivity contribution in [2.24, 2.45) is 0 Å². The summed E-state index contributed by atoms with van der Waals surface area (Å²) >= 11 is 2.08. The lowest BCUT2D eigenvalue weighted by atomic mass is 10.0. The Kier molecular flexibility index (Phi) is 7.01. The van der Waals surface area contributed by atoms with Crippen LogP contribution in [0, 0.1) is 3.57 Å². The Morgan fingerprint density at radius 3 is 2.45 bits per heavy atom. The zero-order valence-electron chi connectivity index (χ0n) is 16.3. The van der Waals surface area contributed by atoms with E-state index in [0.717, 1.165) is 14.7 Å². The summed E-state index contributed by atoms with van der Waals surface area (Å²) < 4.78 is 38.5. The molecule has 3 rings (SSSR count). The predicted octanol–water partition coefficient (Wildman–Crippen LogP) is 2.43. The lowest BCUT2D eigenvalue weighted by Gasteiger charge is -2.29. The lowest BCUT2D eigenvalue weighted by molar-refractivity contribution is 0.0955. The van der Waals surface area contributed by atoms with Gasteiger partial charge in [-0.3, -0.25) is 4.79 Å². The van der Waals surface area contributed by atoms with Gasteiger partial charge in [0.1, 0.15) is 0 Å². The fraction of sp³-hybridized carbons (Fsp3) is 0.350. The molecule has 1 heterocycles. The molecule has 7 nitrogen and oxygen atoms in total. The molecule has 1 N–H and O–H groups in total. The molecule has 29 heavy (non-hydrogen) atoms. The Balaban J connectivity index is 1.63. The topological polar surface area (TPSA) is 84.9 Å². The second-order valence-electron chi connectivity index (χ2n) is 6.61. The number of ether oxygens (including phenoxy) is 2. The summed E-state index contributed by atoms with van der Waals surface area (Å²) in [5, 5.41) is 2.70. The van der Waals surface area contributed by atoms with Crippen LogP contribution in [0.4, 0.5) is 0 Å². The molecular formula is C20H23IN2O5S. The van der Waals surface area contributed by atoms with E-state index in [9.17, 15) is 13.2 Å². The number of sulfonamides is 1. The Morgan fingerprint density at radius 1 is 1.14 bits per heavy atom. The Bertz CT molecular complexity index is 1010. The standard InChI is InChI=1S/C20H23IN2O5S/c1-27-18-11-14-7-9-23(13-15(14)12-19(18)28-2)29(25,26)10-8-22-20(24)16-5-3-4-6-17(16)21/h3-6,11-12H,7-10,13H2,1-2H3,(H,22,24). The molecule has 0 saturated carbocycles. The van der Waals surface area contributed by atoms with Crippen molar-refractivity contribution in [1.29, 1.82) is 0 Å². The summed E-state index contributed by atoms with van der Waals surface area (Å²) in [4.78, 5) is 12.3. The van der Waals surface area contributed by atoms with Crippen molar-refractivity contribution in [3.63, 3.8) is 0 Å². The molecule has 0 aliphatic carbocycles. The van der Waals surface area contributed by atoms with Gasteiger partial charge in [-0.1, -0.05) is 12.1 Å². The van der Waals surface area contributed by atoms with Gasteiger partial charge in [0.15, 0.2) is 11.5 Å². The maximum absolute atomic E-state index is 12.8. The molecule has 0 fully saturated rings. The van der Waals surface area contributed by atoms with Crippen LogP contribution in [0.15, 0.2) is 36.4 Å². The maximum Gasteiger partial charge on any atom is 0.252 e. The average Bonchev–Trinajstić information content (AvgIpc) is 2.72. The van der Waals surface area contributed by atoms with Crippen LogP contribution in [0.3, 0.4) is 0 Å². The normalized spacial score (nSPS) is 14.2. The summed E-state index contributed by atoms with van der Waals surface area (Å²) in [5.41, 5.74) is 2.50. The van der Waals surface area contributed by atoms with Gasteiger partial charge in [-0.15, -0.1) is 0 Å². The van der Waals surface area contributed by atoms with Crippen LogP contribution >= 0.6 is 22.6 Å².